The van der Waals surface area contributed by atoms with Crippen LogP contribution in [0.25, 0.3) is 5.69 Å². The van der Waals surface area contributed by atoms with Crippen LogP contribution in [0.2, 0.25) is 0 Å². The lowest BCUT2D eigenvalue weighted by Gasteiger charge is -2.13. The number of nitrogens with zero attached hydrogens (tertiary/aromatic N) is 5. The first-order valence-electron chi connectivity index (χ1n) is 9.23. The van der Waals surface area contributed by atoms with E-state index in [4.69, 9.17) is 5.10 Å². The van der Waals surface area contributed by atoms with Crippen LogP contribution in [0, 0.1) is 6.92 Å². The fourth-order valence-electron chi connectivity index (χ4n) is 3.54. The molecule has 6 nitrogen and oxygen atoms in total. The minimum atomic E-state index is 0.843. The summed E-state index contributed by atoms with van der Waals surface area (Å²) in [6.07, 6.45) is 5.21. The van der Waals surface area contributed by atoms with Crippen LogP contribution in [0.1, 0.15) is 28.9 Å². The molecule has 1 aliphatic heterocycles. The van der Waals surface area contributed by atoms with E-state index in [9.17, 15) is 0 Å². The summed E-state index contributed by atoms with van der Waals surface area (Å²) in [5, 5.41) is 12.8. The molecule has 1 aliphatic rings. The number of aryl methyl sites for hydroxylation is 2. The summed E-state index contributed by atoms with van der Waals surface area (Å²) in [7, 11) is 2.13. The van der Waals surface area contributed by atoms with Crippen molar-refractivity contribution in [2.24, 2.45) is 0 Å². The number of aromatic nitrogens is 4. The van der Waals surface area contributed by atoms with Crippen LogP contribution in [0.3, 0.4) is 0 Å². The standard InChI is InChI=1S/C20H26N6/c1-16-6-3-4-7-20(16)26-14-17(11-22-26)13-24(2)15-18-10-19-12-21-8-5-9-25(19)23-18/h3-4,6-7,10-11,14,21H,5,8-9,12-13,15H2,1-2H3. The van der Waals surface area contributed by atoms with Gasteiger partial charge in [-0.3, -0.25) is 9.58 Å². The fourth-order valence-corrected chi connectivity index (χ4v) is 3.54. The first-order valence-corrected chi connectivity index (χ1v) is 9.23. The molecule has 4 rings (SSSR count). The van der Waals surface area contributed by atoms with E-state index in [-0.39, 0.29) is 0 Å². The number of rotatable bonds is 5. The van der Waals surface area contributed by atoms with E-state index >= 15 is 0 Å². The molecule has 3 aromatic rings. The molecule has 0 saturated heterocycles. The number of benzene rings is 1. The quantitative estimate of drug-likeness (QED) is 0.768. The Hall–Kier alpha value is -2.44. The van der Waals surface area contributed by atoms with Crippen LogP contribution in [0.5, 0.6) is 0 Å². The molecule has 1 N–H and O–H groups in total. The second-order valence-corrected chi connectivity index (χ2v) is 7.13. The van der Waals surface area contributed by atoms with Gasteiger partial charge in [0, 0.05) is 37.9 Å². The Morgan fingerprint density at radius 1 is 1.23 bits per heavy atom. The van der Waals surface area contributed by atoms with Gasteiger partial charge in [-0.2, -0.15) is 10.2 Å². The largest absolute Gasteiger partial charge is 0.311 e. The van der Waals surface area contributed by atoms with Crippen LogP contribution >= 0.6 is 0 Å². The summed E-state index contributed by atoms with van der Waals surface area (Å²) >= 11 is 0. The maximum Gasteiger partial charge on any atom is 0.0768 e. The predicted octanol–water partition coefficient (Wildman–Crippen LogP) is 2.50. The van der Waals surface area contributed by atoms with Crippen LogP contribution in [-0.2, 0) is 26.2 Å². The summed E-state index contributed by atoms with van der Waals surface area (Å²) in [4.78, 5) is 2.29. The summed E-state index contributed by atoms with van der Waals surface area (Å²) in [5.41, 5.74) is 5.99. The van der Waals surface area contributed by atoms with Crippen LogP contribution in [-0.4, -0.2) is 38.1 Å². The van der Waals surface area contributed by atoms with Crippen molar-refractivity contribution in [3.63, 3.8) is 0 Å². The van der Waals surface area contributed by atoms with Gasteiger partial charge in [-0.1, -0.05) is 18.2 Å². The molecule has 1 aromatic carbocycles. The zero-order valence-electron chi connectivity index (χ0n) is 15.5. The molecule has 0 saturated carbocycles. The molecule has 0 aliphatic carbocycles. The Morgan fingerprint density at radius 2 is 2.12 bits per heavy atom. The molecule has 0 bridgehead atoms. The minimum absolute atomic E-state index is 0.843. The highest BCUT2D eigenvalue weighted by atomic mass is 15.3. The number of hydrogen-bond donors (Lipinski definition) is 1. The van der Waals surface area contributed by atoms with Crippen molar-refractivity contribution in [2.45, 2.75) is 39.5 Å². The van der Waals surface area contributed by atoms with E-state index in [0.717, 1.165) is 50.5 Å². The van der Waals surface area contributed by atoms with Gasteiger partial charge in [-0.15, -0.1) is 0 Å². The van der Waals surface area contributed by atoms with Gasteiger partial charge in [0.15, 0.2) is 0 Å². The molecule has 2 aromatic heterocycles. The van der Waals surface area contributed by atoms with Gasteiger partial charge in [-0.25, -0.2) is 4.68 Å². The predicted molar refractivity (Wildman–Crippen MR) is 102 cm³/mol. The summed E-state index contributed by atoms with van der Waals surface area (Å²) < 4.78 is 4.11. The van der Waals surface area contributed by atoms with Gasteiger partial charge in [0.1, 0.15) is 0 Å². The van der Waals surface area contributed by atoms with Crippen molar-refractivity contribution >= 4 is 0 Å². The summed E-state index contributed by atoms with van der Waals surface area (Å²) in [6.45, 7) is 6.81. The van der Waals surface area contributed by atoms with Crippen LogP contribution in [0.15, 0.2) is 42.7 Å². The Bertz CT molecular complexity index is 855. The second-order valence-electron chi connectivity index (χ2n) is 7.13. The summed E-state index contributed by atoms with van der Waals surface area (Å²) in [6, 6.07) is 10.5. The minimum Gasteiger partial charge on any atom is -0.311 e. The Kier molecular flexibility index (Phi) is 4.86. The molecule has 0 atom stereocenters. The van der Waals surface area contributed by atoms with Crippen molar-refractivity contribution < 1.29 is 0 Å². The Labute approximate surface area is 154 Å². The average molecular weight is 350 g/mol. The maximum absolute atomic E-state index is 4.77. The molecule has 26 heavy (non-hydrogen) atoms. The number of hydrogen-bond acceptors (Lipinski definition) is 4. The van der Waals surface area contributed by atoms with E-state index in [2.05, 4.69) is 64.4 Å². The molecular formula is C20H26N6. The molecule has 0 fully saturated rings. The van der Waals surface area contributed by atoms with E-state index in [1.165, 1.54) is 16.8 Å². The van der Waals surface area contributed by atoms with Gasteiger partial charge in [-0.05, 0) is 44.6 Å². The smallest absolute Gasteiger partial charge is 0.0768 e. The molecule has 6 heteroatoms. The number of para-hydroxylation sites is 1. The molecular weight excluding hydrogens is 324 g/mol. The van der Waals surface area contributed by atoms with Gasteiger partial charge < -0.3 is 5.32 Å². The number of nitrogens with one attached hydrogen (secondary N) is 1. The van der Waals surface area contributed by atoms with E-state index in [1.807, 2.05) is 16.9 Å². The lowest BCUT2D eigenvalue weighted by atomic mass is 10.2. The van der Waals surface area contributed by atoms with Crippen molar-refractivity contribution in [1.29, 1.82) is 0 Å². The second kappa shape index (κ2) is 7.43. The van der Waals surface area contributed by atoms with E-state index in [0.29, 0.717) is 0 Å². The third-order valence-electron chi connectivity index (χ3n) is 4.83. The molecule has 136 valence electrons. The van der Waals surface area contributed by atoms with Crippen molar-refractivity contribution in [3.8, 4) is 5.69 Å². The van der Waals surface area contributed by atoms with Gasteiger partial charge in [0.05, 0.1) is 23.3 Å². The SMILES string of the molecule is Cc1ccccc1-n1cc(CN(C)Cc2cc3n(n2)CCCNC3)cn1. The monoisotopic (exact) mass is 350 g/mol. The van der Waals surface area contributed by atoms with Crippen molar-refractivity contribution in [2.75, 3.05) is 13.6 Å². The fraction of sp³-hybridized carbons (Fsp3) is 0.400. The third-order valence-corrected chi connectivity index (χ3v) is 4.83. The molecule has 3 heterocycles. The highest BCUT2D eigenvalue weighted by molar-refractivity contribution is 5.39. The third kappa shape index (κ3) is 3.71. The van der Waals surface area contributed by atoms with Gasteiger partial charge in [0.2, 0.25) is 0 Å². The molecule has 0 amide bonds. The summed E-state index contributed by atoms with van der Waals surface area (Å²) in [5.74, 6) is 0. The van der Waals surface area contributed by atoms with Gasteiger partial charge >= 0.3 is 0 Å². The van der Waals surface area contributed by atoms with E-state index in [1.54, 1.807) is 0 Å². The Balaban J connectivity index is 1.41. The van der Waals surface area contributed by atoms with E-state index < -0.39 is 0 Å². The molecule has 0 spiro atoms. The first-order chi connectivity index (χ1) is 12.7. The average Bonchev–Trinajstić information content (AvgIpc) is 3.16. The topological polar surface area (TPSA) is 50.9 Å². The Morgan fingerprint density at radius 3 is 3.00 bits per heavy atom. The molecule has 0 radical (unpaired) electrons. The zero-order valence-corrected chi connectivity index (χ0v) is 15.5. The lowest BCUT2D eigenvalue weighted by Crippen LogP contribution is -2.17. The lowest BCUT2D eigenvalue weighted by molar-refractivity contribution is 0.313. The van der Waals surface area contributed by atoms with Crippen molar-refractivity contribution in [1.82, 2.24) is 29.8 Å². The zero-order chi connectivity index (χ0) is 17.9. The van der Waals surface area contributed by atoms with Crippen LogP contribution < -0.4 is 5.32 Å². The van der Waals surface area contributed by atoms with Gasteiger partial charge in [0.25, 0.3) is 0 Å². The van der Waals surface area contributed by atoms with Crippen molar-refractivity contribution in [3.05, 3.63) is 65.2 Å². The highest BCUT2D eigenvalue weighted by Crippen LogP contribution is 2.15. The first kappa shape index (κ1) is 17.0. The molecule has 0 unspecified atom stereocenters. The highest BCUT2D eigenvalue weighted by Gasteiger charge is 2.13. The van der Waals surface area contributed by atoms with Crippen LogP contribution in [0.4, 0.5) is 0 Å². The normalized spacial score (nSPS) is 14.4. The maximum atomic E-state index is 4.77. The number of fused-ring (bicyclic) bond motifs is 1.